The fourth-order valence-electron chi connectivity index (χ4n) is 5.59. The normalized spacial score (nSPS) is 17.3. The second kappa shape index (κ2) is 14.5. The van der Waals surface area contributed by atoms with E-state index >= 15 is 0 Å². The fraction of sp³-hybridized carbons (Fsp3) is 0.455. The van der Waals surface area contributed by atoms with E-state index < -0.39 is 0 Å². The molecule has 10 heteroatoms. The van der Waals surface area contributed by atoms with Crippen molar-refractivity contribution in [2.24, 2.45) is 11.7 Å². The van der Waals surface area contributed by atoms with E-state index in [1.54, 1.807) is 7.11 Å². The number of carbonyl (C=O) groups is 1. The smallest absolute Gasteiger partial charge is 0.227 e. The van der Waals surface area contributed by atoms with Crippen LogP contribution in [0.1, 0.15) is 41.5 Å². The maximum absolute atomic E-state index is 13.8. The lowest BCUT2D eigenvalue weighted by atomic mass is 9.98. The van der Waals surface area contributed by atoms with Gasteiger partial charge in [0.2, 0.25) is 5.91 Å². The molecule has 0 spiro atoms. The Balaban J connectivity index is 1.20. The van der Waals surface area contributed by atoms with Gasteiger partial charge < -0.3 is 25.0 Å². The van der Waals surface area contributed by atoms with Crippen LogP contribution in [0.4, 0.5) is 5.82 Å². The SMILES string of the molecule is COCCc1ccc(Cl)c(CN(C(=O)[C@@H](CN)Cc2ccc(N3CC[C@@H](Oc4c(Cl)cc(C)cc4Cl)C3)nc2)C2CC2)c1. The van der Waals surface area contributed by atoms with Gasteiger partial charge in [-0.1, -0.05) is 53.0 Å². The number of carbonyl (C=O) groups excluding carboxylic acids is 1. The first kappa shape index (κ1) is 31.9. The van der Waals surface area contributed by atoms with Crippen LogP contribution in [0.3, 0.4) is 0 Å². The third-order valence-electron chi connectivity index (χ3n) is 8.14. The Labute approximate surface area is 269 Å². The molecule has 0 bridgehead atoms. The molecule has 1 aromatic heterocycles. The molecule has 43 heavy (non-hydrogen) atoms. The van der Waals surface area contributed by atoms with Gasteiger partial charge in [0, 0.05) is 50.4 Å². The van der Waals surface area contributed by atoms with Crippen molar-refractivity contribution >= 4 is 46.5 Å². The lowest BCUT2D eigenvalue weighted by Crippen LogP contribution is -2.41. The minimum Gasteiger partial charge on any atom is -0.485 e. The van der Waals surface area contributed by atoms with E-state index in [2.05, 4.69) is 11.0 Å². The number of pyridine rings is 1. The first-order chi connectivity index (χ1) is 20.7. The number of amides is 1. The van der Waals surface area contributed by atoms with E-state index in [4.69, 9.17) is 55.0 Å². The molecular weight excluding hydrogens is 607 g/mol. The van der Waals surface area contributed by atoms with E-state index in [9.17, 15) is 4.79 Å². The van der Waals surface area contributed by atoms with Crippen molar-refractivity contribution in [1.82, 2.24) is 9.88 Å². The number of nitrogens with two attached hydrogens (primary N) is 1. The molecular formula is C33H39Cl3N4O3. The van der Waals surface area contributed by atoms with Crippen LogP contribution in [0.5, 0.6) is 5.75 Å². The lowest BCUT2D eigenvalue weighted by molar-refractivity contribution is -0.136. The van der Waals surface area contributed by atoms with Crippen LogP contribution in [0.25, 0.3) is 0 Å². The van der Waals surface area contributed by atoms with Crippen LogP contribution in [0.15, 0.2) is 48.7 Å². The van der Waals surface area contributed by atoms with Crippen LogP contribution in [0.2, 0.25) is 15.1 Å². The van der Waals surface area contributed by atoms with Crippen molar-refractivity contribution in [2.45, 2.75) is 57.7 Å². The van der Waals surface area contributed by atoms with Gasteiger partial charge in [-0.2, -0.15) is 0 Å². The summed E-state index contributed by atoms with van der Waals surface area (Å²) in [6, 6.07) is 14.0. The van der Waals surface area contributed by atoms with Crippen LogP contribution in [-0.4, -0.2) is 61.3 Å². The second-order valence-electron chi connectivity index (χ2n) is 11.6. The number of aryl methyl sites for hydroxylation is 1. The Morgan fingerprint density at radius 2 is 1.81 bits per heavy atom. The zero-order valence-electron chi connectivity index (χ0n) is 24.7. The Morgan fingerprint density at radius 1 is 1.07 bits per heavy atom. The molecule has 2 heterocycles. The van der Waals surface area contributed by atoms with Crippen molar-refractivity contribution in [2.75, 3.05) is 38.3 Å². The zero-order valence-corrected chi connectivity index (χ0v) is 27.0. The number of rotatable bonds is 13. The van der Waals surface area contributed by atoms with Gasteiger partial charge in [-0.15, -0.1) is 0 Å². The van der Waals surface area contributed by atoms with Gasteiger partial charge in [0.25, 0.3) is 0 Å². The molecule has 2 aromatic carbocycles. The number of hydrogen-bond donors (Lipinski definition) is 1. The third-order valence-corrected chi connectivity index (χ3v) is 9.07. The van der Waals surface area contributed by atoms with Crippen molar-refractivity contribution < 1.29 is 14.3 Å². The maximum atomic E-state index is 13.8. The van der Waals surface area contributed by atoms with Gasteiger partial charge >= 0.3 is 0 Å². The van der Waals surface area contributed by atoms with Gasteiger partial charge in [-0.05, 0) is 79.1 Å². The van der Waals surface area contributed by atoms with Gasteiger partial charge in [0.15, 0.2) is 5.75 Å². The quantitative estimate of drug-likeness (QED) is 0.229. The highest BCUT2D eigenvalue weighted by molar-refractivity contribution is 6.37. The summed E-state index contributed by atoms with van der Waals surface area (Å²) in [7, 11) is 1.69. The molecule has 1 saturated heterocycles. The highest BCUT2D eigenvalue weighted by Crippen LogP contribution is 2.36. The van der Waals surface area contributed by atoms with Gasteiger partial charge in [-0.3, -0.25) is 4.79 Å². The number of ether oxygens (including phenoxy) is 2. The summed E-state index contributed by atoms with van der Waals surface area (Å²) in [6.45, 7) is 4.83. The Hall–Kier alpha value is -2.55. The molecule has 230 valence electrons. The number of methoxy groups -OCH3 is 1. The van der Waals surface area contributed by atoms with Gasteiger partial charge in [0.05, 0.1) is 29.1 Å². The maximum Gasteiger partial charge on any atom is 0.227 e. The summed E-state index contributed by atoms with van der Waals surface area (Å²) in [5.74, 6) is 1.13. The first-order valence-corrected chi connectivity index (χ1v) is 16.0. The molecule has 3 aromatic rings. The highest BCUT2D eigenvalue weighted by Gasteiger charge is 2.36. The molecule has 2 aliphatic rings. The molecule has 2 fully saturated rings. The van der Waals surface area contributed by atoms with Crippen molar-refractivity contribution in [1.29, 1.82) is 0 Å². The average Bonchev–Trinajstić information content (AvgIpc) is 3.73. The molecule has 1 saturated carbocycles. The predicted molar refractivity (Wildman–Crippen MR) is 174 cm³/mol. The number of aromatic nitrogens is 1. The summed E-state index contributed by atoms with van der Waals surface area (Å²) in [4.78, 5) is 22.7. The summed E-state index contributed by atoms with van der Waals surface area (Å²) in [6.07, 6.45) is 5.98. The van der Waals surface area contributed by atoms with E-state index in [-0.39, 0.29) is 30.5 Å². The van der Waals surface area contributed by atoms with E-state index in [0.29, 0.717) is 46.9 Å². The largest absolute Gasteiger partial charge is 0.485 e. The van der Waals surface area contributed by atoms with Crippen molar-refractivity contribution in [3.05, 3.63) is 86.0 Å². The molecule has 2 atom stereocenters. The lowest BCUT2D eigenvalue weighted by Gasteiger charge is -2.28. The van der Waals surface area contributed by atoms with Crippen LogP contribution >= 0.6 is 34.8 Å². The highest BCUT2D eigenvalue weighted by atomic mass is 35.5. The molecule has 2 N–H and O–H groups in total. The molecule has 7 nitrogen and oxygen atoms in total. The second-order valence-corrected chi connectivity index (χ2v) is 12.8. The summed E-state index contributed by atoms with van der Waals surface area (Å²) >= 11 is 19.3. The number of nitrogens with zero attached hydrogens (tertiary/aromatic N) is 3. The third kappa shape index (κ3) is 8.14. The van der Waals surface area contributed by atoms with Crippen molar-refractivity contribution in [3.8, 4) is 5.75 Å². The Morgan fingerprint density at radius 3 is 2.47 bits per heavy atom. The van der Waals surface area contributed by atoms with E-state index in [1.807, 2.05) is 54.4 Å². The van der Waals surface area contributed by atoms with Gasteiger partial charge in [-0.25, -0.2) is 4.98 Å². The van der Waals surface area contributed by atoms with Gasteiger partial charge in [0.1, 0.15) is 11.9 Å². The first-order valence-electron chi connectivity index (χ1n) is 14.8. The monoisotopic (exact) mass is 644 g/mol. The minimum atomic E-state index is -0.336. The Bertz CT molecular complexity index is 1390. The number of halogens is 3. The molecule has 1 aliphatic heterocycles. The van der Waals surface area contributed by atoms with Crippen molar-refractivity contribution in [3.63, 3.8) is 0 Å². The predicted octanol–water partition coefficient (Wildman–Crippen LogP) is 6.51. The zero-order chi connectivity index (χ0) is 30.5. The fourth-order valence-corrected chi connectivity index (χ4v) is 6.46. The van der Waals surface area contributed by atoms with Crippen LogP contribution in [-0.2, 0) is 28.9 Å². The number of hydrogen-bond acceptors (Lipinski definition) is 6. The standard InChI is InChI=1S/C33H39Cl3N4O3/c1-21-13-29(35)32(30(36)14-21)43-27-9-11-39(20-27)31-8-4-23(18-38-31)16-24(17-37)33(41)40(26-5-6-26)19-25-15-22(10-12-42-2)3-7-28(25)34/h3-4,7-8,13-15,18,24,26-27H,5-6,9-12,16-17,19-20,37H2,1-2H3/t24-,27-/m1/s1. The molecule has 0 radical (unpaired) electrons. The van der Waals surface area contributed by atoms with Crippen LogP contribution < -0.4 is 15.4 Å². The van der Waals surface area contributed by atoms with Crippen LogP contribution in [0, 0.1) is 12.8 Å². The molecule has 1 amide bonds. The summed E-state index contributed by atoms with van der Waals surface area (Å²) in [5.41, 5.74) is 10.2. The summed E-state index contributed by atoms with van der Waals surface area (Å²) in [5, 5.41) is 1.71. The molecule has 0 unspecified atom stereocenters. The topological polar surface area (TPSA) is 80.9 Å². The number of anilines is 1. The molecule has 5 rings (SSSR count). The average molecular weight is 646 g/mol. The number of benzene rings is 2. The Kier molecular flexibility index (Phi) is 10.7. The minimum absolute atomic E-state index is 0.0407. The summed E-state index contributed by atoms with van der Waals surface area (Å²) < 4.78 is 11.4. The van der Waals surface area contributed by atoms with E-state index in [1.165, 1.54) is 0 Å². The van der Waals surface area contributed by atoms with E-state index in [0.717, 1.165) is 60.3 Å². The molecule has 1 aliphatic carbocycles.